The normalized spacial score (nSPS) is 10.8. The summed E-state index contributed by atoms with van der Waals surface area (Å²) in [4.78, 5) is 17.1. The second kappa shape index (κ2) is 16.1. The van der Waals surface area contributed by atoms with Gasteiger partial charge < -0.3 is 14.5 Å². The van der Waals surface area contributed by atoms with E-state index < -0.39 is 10.0 Å². The fourth-order valence-corrected chi connectivity index (χ4v) is 6.46. The van der Waals surface area contributed by atoms with Gasteiger partial charge in [0.05, 0.1) is 28.7 Å². The van der Waals surface area contributed by atoms with Gasteiger partial charge in [0.1, 0.15) is 5.75 Å². The molecule has 6 rings (SSSR count). The Kier molecular flexibility index (Phi) is 12.2. The maximum absolute atomic E-state index is 12.8. The first-order valence-corrected chi connectivity index (χ1v) is 17.7. The Bertz CT molecular complexity index is 2130. The molecule has 250 valence electrons. The predicted octanol–water partition coefficient (Wildman–Crippen LogP) is 8.92. The molecule has 0 bridgehead atoms. The second-order valence-electron chi connectivity index (χ2n) is 10.7. The number of sulfonamides is 1. The summed E-state index contributed by atoms with van der Waals surface area (Å²) >= 11 is 9.68. The highest BCUT2D eigenvalue weighted by molar-refractivity contribution is 9.10. The molecule has 0 radical (unpaired) electrons. The Morgan fingerprint density at radius 1 is 0.729 bits per heavy atom. The number of ether oxygens (including phenoxy) is 1. The molecule has 3 aromatic carbocycles. The van der Waals surface area contributed by atoms with Crippen molar-refractivity contribution in [3.63, 3.8) is 0 Å². The smallest absolute Gasteiger partial charge is 0.261 e. The summed E-state index contributed by atoms with van der Waals surface area (Å²) in [5, 5.41) is 2.21. The summed E-state index contributed by atoms with van der Waals surface area (Å²) in [7, 11) is 5.67. The number of rotatable bonds is 7. The van der Waals surface area contributed by atoms with E-state index in [1.165, 1.54) is 30.3 Å². The second-order valence-corrected chi connectivity index (χ2v) is 13.6. The average molecular weight is 750 g/mol. The maximum Gasteiger partial charge on any atom is 0.261 e. The molecule has 48 heavy (non-hydrogen) atoms. The Balaban J connectivity index is 0.000000270. The zero-order valence-corrected chi connectivity index (χ0v) is 31.0. The van der Waals surface area contributed by atoms with Crippen LogP contribution in [0.5, 0.6) is 5.75 Å². The van der Waals surface area contributed by atoms with Gasteiger partial charge in [0, 0.05) is 79.0 Å². The van der Waals surface area contributed by atoms with Crippen molar-refractivity contribution >= 4 is 76.4 Å². The van der Waals surface area contributed by atoms with Crippen molar-refractivity contribution in [2.75, 3.05) is 49.8 Å². The minimum Gasteiger partial charge on any atom is -0.497 e. The molecule has 1 N–H and O–H groups in total. The Morgan fingerprint density at radius 2 is 1.29 bits per heavy atom. The lowest BCUT2D eigenvalue weighted by molar-refractivity contribution is 0.414. The minimum atomic E-state index is -3.86. The lowest BCUT2D eigenvalue weighted by atomic mass is 10.0. The number of halogens is 2. The van der Waals surface area contributed by atoms with Crippen LogP contribution in [0.2, 0.25) is 5.15 Å². The van der Waals surface area contributed by atoms with Crippen LogP contribution in [0.3, 0.4) is 0 Å². The van der Waals surface area contributed by atoms with Crippen molar-refractivity contribution in [1.82, 2.24) is 15.0 Å². The van der Waals surface area contributed by atoms with E-state index in [0.717, 1.165) is 37.7 Å². The molecule has 0 atom stereocenters. The molecule has 0 unspecified atom stereocenters. The summed E-state index contributed by atoms with van der Waals surface area (Å²) in [5.74, 6) is 0.563. The highest BCUT2D eigenvalue weighted by Gasteiger charge is 2.18. The molecule has 9 nitrogen and oxygen atoms in total. The number of fused-ring (bicyclic) bond motifs is 2. The van der Waals surface area contributed by atoms with Gasteiger partial charge in [-0.25, -0.2) is 13.4 Å². The number of pyridine rings is 3. The first kappa shape index (κ1) is 36.4. The van der Waals surface area contributed by atoms with Gasteiger partial charge >= 0.3 is 0 Å². The molecule has 0 aliphatic carbocycles. The van der Waals surface area contributed by atoms with E-state index in [1.807, 2.05) is 95.6 Å². The van der Waals surface area contributed by atoms with Gasteiger partial charge in [0.25, 0.3) is 10.0 Å². The summed E-state index contributed by atoms with van der Waals surface area (Å²) in [6.07, 6.45) is 5.22. The van der Waals surface area contributed by atoms with E-state index >= 15 is 0 Å². The van der Waals surface area contributed by atoms with E-state index in [0.29, 0.717) is 5.75 Å². The van der Waals surface area contributed by atoms with Gasteiger partial charge in [-0.1, -0.05) is 47.4 Å². The standard InChI is InChI=1S/C23H21ClN4O3S.C11H11BrN2.C2H6/c1-28(2)22-10-11-25-20-9-4-15(12-19(20)22)16-13-21(23(24)26-14-16)27-32(29,30)18-7-5-17(31-3)6-8-18;1-14(2)11-5-6-13-10-4-3-8(12)7-9(10)11;1-2/h4-14,27H,1-3H3;3-7H,1-2H3;1-2H3. The van der Waals surface area contributed by atoms with Crippen molar-refractivity contribution in [3.05, 3.63) is 107 Å². The quantitative estimate of drug-likeness (QED) is 0.162. The number of anilines is 3. The van der Waals surface area contributed by atoms with Gasteiger partial charge in [-0.2, -0.15) is 0 Å². The van der Waals surface area contributed by atoms with E-state index in [9.17, 15) is 8.42 Å². The molecule has 3 heterocycles. The van der Waals surface area contributed by atoms with Crippen LogP contribution in [0.25, 0.3) is 32.9 Å². The van der Waals surface area contributed by atoms with Gasteiger partial charge in [-0.05, 0) is 78.4 Å². The maximum atomic E-state index is 12.8. The molecule has 6 aromatic rings. The van der Waals surface area contributed by atoms with E-state index in [4.69, 9.17) is 16.3 Å². The van der Waals surface area contributed by atoms with Crippen LogP contribution < -0.4 is 19.3 Å². The first-order valence-electron chi connectivity index (χ1n) is 15.1. The van der Waals surface area contributed by atoms with Crippen LogP contribution in [-0.4, -0.2) is 58.7 Å². The highest BCUT2D eigenvalue weighted by atomic mass is 79.9. The van der Waals surface area contributed by atoms with Crippen LogP contribution in [-0.2, 0) is 10.0 Å². The number of aromatic nitrogens is 3. The monoisotopic (exact) mass is 748 g/mol. The van der Waals surface area contributed by atoms with Gasteiger partial charge in [-0.3, -0.25) is 14.7 Å². The molecule has 3 aromatic heterocycles. The molecular formula is C36H38BrClN6O3S. The number of benzene rings is 3. The zero-order valence-electron chi connectivity index (χ0n) is 27.9. The third kappa shape index (κ3) is 8.52. The SMILES string of the molecule is CC.CN(C)c1ccnc2ccc(Br)cc12.COc1ccc(S(=O)(=O)Nc2cc(-c3ccc4nccc(N(C)C)c4c3)cnc2Cl)cc1. The number of nitrogens with one attached hydrogen (secondary N) is 1. The first-order chi connectivity index (χ1) is 23.0. The van der Waals surface area contributed by atoms with Crippen LogP contribution in [0, 0.1) is 0 Å². The van der Waals surface area contributed by atoms with Gasteiger partial charge in [-0.15, -0.1) is 0 Å². The van der Waals surface area contributed by atoms with Crippen LogP contribution in [0.15, 0.2) is 107 Å². The molecule has 0 saturated heterocycles. The third-order valence-corrected chi connectivity index (χ3v) is 9.33. The third-order valence-electron chi connectivity index (χ3n) is 7.15. The van der Waals surface area contributed by atoms with E-state index in [-0.39, 0.29) is 15.7 Å². The molecule has 0 fully saturated rings. The molecule has 0 spiro atoms. The fraction of sp³-hybridized carbons (Fsp3) is 0.194. The fourth-order valence-electron chi connectivity index (χ4n) is 4.83. The summed E-state index contributed by atoms with van der Waals surface area (Å²) in [5.41, 5.74) is 5.89. The minimum absolute atomic E-state index is 0.0577. The summed E-state index contributed by atoms with van der Waals surface area (Å²) < 4.78 is 34.4. The highest BCUT2D eigenvalue weighted by Crippen LogP contribution is 2.33. The summed E-state index contributed by atoms with van der Waals surface area (Å²) in [6, 6.07) is 23.7. The van der Waals surface area contributed by atoms with Crippen molar-refractivity contribution in [2.24, 2.45) is 0 Å². The average Bonchev–Trinajstić information content (AvgIpc) is 3.09. The number of hydrogen-bond donors (Lipinski definition) is 1. The predicted molar refractivity (Wildman–Crippen MR) is 203 cm³/mol. The van der Waals surface area contributed by atoms with E-state index in [2.05, 4.69) is 46.6 Å². The van der Waals surface area contributed by atoms with Crippen molar-refractivity contribution in [1.29, 1.82) is 0 Å². The van der Waals surface area contributed by atoms with Crippen molar-refractivity contribution in [2.45, 2.75) is 18.7 Å². The van der Waals surface area contributed by atoms with Crippen LogP contribution >= 0.6 is 27.5 Å². The molecular weight excluding hydrogens is 712 g/mol. The van der Waals surface area contributed by atoms with E-state index in [1.54, 1.807) is 30.6 Å². The Morgan fingerprint density at radius 3 is 1.85 bits per heavy atom. The number of nitrogens with zero attached hydrogens (tertiary/aromatic N) is 5. The zero-order chi connectivity index (χ0) is 35.0. The Labute approximate surface area is 295 Å². The lowest BCUT2D eigenvalue weighted by Crippen LogP contribution is -2.13. The number of methoxy groups -OCH3 is 1. The number of hydrogen-bond acceptors (Lipinski definition) is 8. The largest absolute Gasteiger partial charge is 0.497 e. The van der Waals surface area contributed by atoms with Crippen molar-refractivity contribution < 1.29 is 13.2 Å². The molecule has 0 amide bonds. The van der Waals surface area contributed by atoms with Gasteiger partial charge in [0.15, 0.2) is 5.15 Å². The molecule has 0 aliphatic rings. The summed E-state index contributed by atoms with van der Waals surface area (Å²) in [6.45, 7) is 4.00. The molecule has 0 saturated carbocycles. The lowest BCUT2D eigenvalue weighted by Gasteiger charge is -2.16. The molecule has 12 heteroatoms. The topological polar surface area (TPSA) is 101 Å². The van der Waals surface area contributed by atoms with Crippen LogP contribution in [0.4, 0.5) is 17.1 Å². The molecule has 0 aliphatic heterocycles. The van der Waals surface area contributed by atoms with Gasteiger partial charge in [0.2, 0.25) is 0 Å². The Hall–Kier alpha value is -4.45. The van der Waals surface area contributed by atoms with Crippen LogP contribution in [0.1, 0.15) is 13.8 Å². The van der Waals surface area contributed by atoms with Crippen molar-refractivity contribution in [3.8, 4) is 16.9 Å².